The maximum atomic E-state index is 5.04. The van der Waals surface area contributed by atoms with Crippen LogP contribution in [0.4, 0.5) is 0 Å². The second-order valence-corrected chi connectivity index (χ2v) is 4.94. The summed E-state index contributed by atoms with van der Waals surface area (Å²) >= 11 is 0. The van der Waals surface area contributed by atoms with Crippen molar-refractivity contribution in [3.8, 4) is 0 Å². The largest absolute Gasteiger partial charge is 0.385 e. The number of methoxy groups -OCH3 is 1. The second kappa shape index (κ2) is 5.13. The van der Waals surface area contributed by atoms with Crippen LogP contribution in [0.3, 0.4) is 0 Å². The fraction of sp³-hybridized carbons (Fsp3) is 1.00. The Morgan fingerprint density at radius 3 is 2.79 bits per heavy atom. The molecule has 0 unspecified atom stereocenters. The Morgan fingerprint density at radius 2 is 2.14 bits per heavy atom. The number of fused-ring (bicyclic) bond motifs is 2. The number of hydrogen-bond acceptors (Lipinski definition) is 2. The molecule has 3 atom stereocenters. The van der Waals surface area contributed by atoms with Gasteiger partial charge < -0.3 is 10.1 Å². The van der Waals surface area contributed by atoms with Gasteiger partial charge in [0.2, 0.25) is 0 Å². The zero-order valence-corrected chi connectivity index (χ0v) is 9.30. The van der Waals surface area contributed by atoms with Gasteiger partial charge in [-0.25, -0.2) is 0 Å². The van der Waals surface area contributed by atoms with Crippen LogP contribution in [0.25, 0.3) is 0 Å². The van der Waals surface area contributed by atoms with Crippen LogP contribution < -0.4 is 5.32 Å². The van der Waals surface area contributed by atoms with Crippen molar-refractivity contribution in [2.45, 2.75) is 44.6 Å². The highest BCUT2D eigenvalue weighted by molar-refractivity contribution is 4.93. The molecule has 0 aromatic carbocycles. The zero-order valence-electron chi connectivity index (χ0n) is 9.30. The minimum atomic E-state index is 0.858. The van der Waals surface area contributed by atoms with E-state index >= 15 is 0 Å². The highest BCUT2D eigenvalue weighted by Gasteiger charge is 2.38. The Hall–Kier alpha value is -0.0800. The van der Waals surface area contributed by atoms with Gasteiger partial charge in [-0.05, 0) is 50.5 Å². The van der Waals surface area contributed by atoms with Gasteiger partial charge in [0.1, 0.15) is 0 Å². The quantitative estimate of drug-likeness (QED) is 0.659. The van der Waals surface area contributed by atoms with Gasteiger partial charge in [-0.3, -0.25) is 0 Å². The molecule has 82 valence electrons. The molecule has 2 saturated carbocycles. The molecule has 0 spiro atoms. The molecule has 0 aromatic rings. The molecule has 0 amide bonds. The Bertz CT molecular complexity index is 172. The van der Waals surface area contributed by atoms with Gasteiger partial charge in [0, 0.05) is 19.8 Å². The van der Waals surface area contributed by atoms with Crippen LogP contribution in [-0.2, 0) is 4.74 Å². The third kappa shape index (κ3) is 2.48. The van der Waals surface area contributed by atoms with Gasteiger partial charge in [0.15, 0.2) is 0 Å². The zero-order chi connectivity index (χ0) is 9.80. The monoisotopic (exact) mass is 197 g/mol. The topological polar surface area (TPSA) is 21.3 Å². The molecule has 2 heteroatoms. The summed E-state index contributed by atoms with van der Waals surface area (Å²) < 4.78 is 5.04. The highest BCUT2D eigenvalue weighted by Crippen LogP contribution is 2.44. The molecule has 2 fully saturated rings. The summed E-state index contributed by atoms with van der Waals surface area (Å²) in [5.74, 6) is 2.08. The maximum absolute atomic E-state index is 5.04. The van der Waals surface area contributed by atoms with Crippen molar-refractivity contribution in [1.29, 1.82) is 0 Å². The van der Waals surface area contributed by atoms with Gasteiger partial charge in [0.25, 0.3) is 0 Å². The van der Waals surface area contributed by atoms with Crippen LogP contribution in [0.1, 0.15) is 38.5 Å². The number of ether oxygens (including phenoxy) is 1. The fourth-order valence-electron chi connectivity index (χ4n) is 3.15. The SMILES string of the molecule is COCCCCN[C@H]1C[C@H]2CC[C@@H]1C2. The Morgan fingerprint density at radius 1 is 1.21 bits per heavy atom. The second-order valence-electron chi connectivity index (χ2n) is 4.94. The summed E-state index contributed by atoms with van der Waals surface area (Å²) in [5, 5.41) is 3.72. The van der Waals surface area contributed by atoms with Crippen molar-refractivity contribution in [2.24, 2.45) is 11.8 Å². The summed E-state index contributed by atoms with van der Waals surface area (Å²) in [7, 11) is 1.78. The molecule has 2 nitrogen and oxygen atoms in total. The molecule has 0 saturated heterocycles. The molecule has 0 aliphatic heterocycles. The van der Waals surface area contributed by atoms with Gasteiger partial charge in [-0.1, -0.05) is 6.42 Å². The summed E-state index contributed by atoms with van der Waals surface area (Å²) in [6.07, 6.45) is 8.42. The van der Waals surface area contributed by atoms with Crippen molar-refractivity contribution in [1.82, 2.24) is 5.32 Å². The predicted octanol–water partition coefficient (Wildman–Crippen LogP) is 2.19. The maximum Gasteiger partial charge on any atom is 0.0462 e. The Kier molecular flexibility index (Phi) is 3.82. The molecule has 1 N–H and O–H groups in total. The number of unbranched alkanes of at least 4 members (excludes halogenated alkanes) is 1. The third-order valence-corrected chi connectivity index (χ3v) is 3.92. The van der Waals surface area contributed by atoms with E-state index in [2.05, 4.69) is 5.32 Å². The van der Waals surface area contributed by atoms with Gasteiger partial charge in [0.05, 0.1) is 0 Å². The molecule has 2 aliphatic carbocycles. The van der Waals surface area contributed by atoms with Crippen LogP contribution in [0.15, 0.2) is 0 Å². The number of nitrogens with one attached hydrogen (secondary N) is 1. The van der Waals surface area contributed by atoms with Crippen LogP contribution in [0.2, 0.25) is 0 Å². The van der Waals surface area contributed by atoms with Crippen LogP contribution >= 0.6 is 0 Å². The minimum absolute atomic E-state index is 0.858. The normalized spacial score (nSPS) is 35.4. The van der Waals surface area contributed by atoms with E-state index < -0.39 is 0 Å². The number of rotatable bonds is 6. The molecule has 0 heterocycles. The summed E-state index contributed by atoms with van der Waals surface area (Å²) in [4.78, 5) is 0. The first kappa shape index (κ1) is 10.4. The summed E-state index contributed by atoms with van der Waals surface area (Å²) in [6.45, 7) is 2.11. The molecule has 0 aromatic heterocycles. The average molecular weight is 197 g/mol. The molecular weight excluding hydrogens is 174 g/mol. The van der Waals surface area contributed by atoms with Crippen LogP contribution in [0, 0.1) is 11.8 Å². The van der Waals surface area contributed by atoms with Crippen molar-refractivity contribution in [3.05, 3.63) is 0 Å². The lowest BCUT2D eigenvalue weighted by atomic mass is 9.95. The molecule has 2 bridgehead atoms. The molecule has 2 rings (SSSR count). The van der Waals surface area contributed by atoms with Crippen molar-refractivity contribution in [3.63, 3.8) is 0 Å². The van der Waals surface area contributed by atoms with E-state index in [0.29, 0.717) is 0 Å². The first-order chi connectivity index (χ1) is 6.90. The van der Waals surface area contributed by atoms with Gasteiger partial charge in [-0.15, -0.1) is 0 Å². The first-order valence-electron chi connectivity index (χ1n) is 6.12. The van der Waals surface area contributed by atoms with Gasteiger partial charge in [-0.2, -0.15) is 0 Å². The first-order valence-corrected chi connectivity index (χ1v) is 6.12. The number of hydrogen-bond donors (Lipinski definition) is 1. The van der Waals surface area contributed by atoms with E-state index in [1.807, 2.05) is 0 Å². The lowest BCUT2D eigenvalue weighted by molar-refractivity contribution is 0.191. The predicted molar refractivity (Wildman–Crippen MR) is 58.3 cm³/mol. The smallest absolute Gasteiger partial charge is 0.0462 e. The van der Waals surface area contributed by atoms with E-state index in [9.17, 15) is 0 Å². The highest BCUT2D eigenvalue weighted by atomic mass is 16.5. The Labute approximate surface area is 87.4 Å². The summed E-state index contributed by atoms with van der Waals surface area (Å²) in [5.41, 5.74) is 0. The third-order valence-electron chi connectivity index (χ3n) is 3.92. The van der Waals surface area contributed by atoms with E-state index in [1.54, 1.807) is 7.11 Å². The lowest BCUT2D eigenvalue weighted by Crippen LogP contribution is -2.34. The van der Waals surface area contributed by atoms with Crippen molar-refractivity contribution >= 4 is 0 Å². The van der Waals surface area contributed by atoms with Gasteiger partial charge >= 0.3 is 0 Å². The van der Waals surface area contributed by atoms with Crippen molar-refractivity contribution in [2.75, 3.05) is 20.3 Å². The summed E-state index contributed by atoms with van der Waals surface area (Å²) in [6, 6.07) is 0.858. The lowest BCUT2D eigenvalue weighted by Gasteiger charge is -2.22. The van der Waals surface area contributed by atoms with E-state index in [-0.39, 0.29) is 0 Å². The van der Waals surface area contributed by atoms with Crippen LogP contribution in [-0.4, -0.2) is 26.3 Å². The molecule has 0 radical (unpaired) electrons. The standard InChI is InChI=1S/C12H23NO/c1-14-7-3-2-6-13-12-9-10-4-5-11(12)8-10/h10-13H,2-9H2,1H3/t10-,11+,12-/m0/s1. The molecule has 14 heavy (non-hydrogen) atoms. The van der Waals surface area contributed by atoms with E-state index in [1.165, 1.54) is 45.1 Å². The average Bonchev–Trinajstić information content (AvgIpc) is 2.79. The van der Waals surface area contributed by atoms with Crippen molar-refractivity contribution < 1.29 is 4.74 Å². The van der Waals surface area contributed by atoms with E-state index in [0.717, 1.165) is 24.5 Å². The molecular formula is C12H23NO. The fourth-order valence-corrected chi connectivity index (χ4v) is 3.15. The Balaban J connectivity index is 1.54. The molecule has 2 aliphatic rings. The minimum Gasteiger partial charge on any atom is -0.385 e. The van der Waals surface area contributed by atoms with Crippen LogP contribution in [0.5, 0.6) is 0 Å². The van der Waals surface area contributed by atoms with E-state index in [4.69, 9.17) is 4.74 Å².